The summed E-state index contributed by atoms with van der Waals surface area (Å²) in [5.41, 5.74) is -1.42. The van der Waals surface area contributed by atoms with E-state index in [-0.39, 0.29) is 5.75 Å². The fraction of sp³-hybridized carbons (Fsp3) is 0.364. The lowest BCUT2D eigenvalue weighted by molar-refractivity contribution is -0.390. The second-order valence-electron chi connectivity index (χ2n) is 3.81. The van der Waals surface area contributed by atoms with Gasteiger partial charge in [-0.15, -0.1) is 0 Å². The first-order valence-electron chi connectivity index (χ1n) is 5.04. The first-order chi connectivity index (χ1) is 8.89. The van der Waals surface area contributed by atoms with Gasteiger partial charge in [-0.05, 0) is 24.3 Å². The van der Waals surface area contributed by atoms with Gasteiger partial charge in [0, 0.05) is 12.5 Å². The molecule has 0 aliphatic heterocycles. The highest BCUT2D eigenvalue weighted by Crippen LogP contribution is 2.49. The molecular weight excluding hydrogens is 294 g/mol. The first-order valence-corrected chi connectivity index (χ1v) is 5.04. The summed E-state index contributed by atoms with van der Waals surface area (Å²) in [5.74, 6) is -11.9. The lowest BCUT2D eigenvalue weighted by Crippen LogP contribution is -2.53. The highest BCUT2D eigenvalue weighted by molar-refractivity contribution is 5.69. The number of aliphatic hydroxyl groups is 1. The number of halogens is 6. The summed E-state index contributed by atoms with van der Waals surface area (Å²) >= 11 is 0. The molecule has 1 atom stereocenters. The van der Waals surface area contributed by atoms with Crippen molar-refractivity contribution in [3.63, 3.8) is 0 Å². The molecule has 0 bridgehead atoms. The summed E-state index contributed by atoms with van der Waals surface area (Å²) in [6.07, 6.45) is -6.18. The van der Waals surface area contributed by atoms with Crippen molar-refractivity contribution < 1.29 is 41.0 Å². The Hall–Kier alpha value is -1.77. The number of alkyl halides is 6. The van der Waals surface area contributed by atoms with Crippen LogP contribution in [0.2, 0.25) is 0 Å². The quantitative estimate of drug-likeness (QED) is 0.530. The Morgan fingerprint density at radius 1 is 1.05 bits per heavy atom. The number of hydrogen-bond acceptors (Lipinski definition) is 3. The second-order valence-corrected chi connectivity index (χ2v) is 3.81. The van der Waals surface area contributed by atoms with E-state index in [1.54, 1.807) is 0 Å². The molecule has 0 aromatic heterocycles. The molecule has 9 heteroatoms. The molecule has 1 aromatic rings. The number of esters is 1. The lowest BCUT2D eigenvalue weighted by Gasteiger charge is -2.30. The average molecular weight is 302 g/mol. The molecule has 3 nitrogen and oxygen atoms in total. The van der Waals surface area contributed by atoms with Crippen LogP contribution in [-0.2, 0) is 10.7 Å². The molecule has 1 rings (SSSR count). The SMILES string of the molecule is CC(=O)Oc1ccc(C(F)(F)C(O)(F)C(F)(F)F)cc1. The molecule has 0 saturated heterocycles. The average Bonchev–Trinajstić information content (AvgIpc) is 2.27. The van der Waals surface area contributed by atoms with Crippen molar-refractivity contribution in [2.45, 2.75) is 24.9 Å². The van der Waals surface area contributed by atoms with Gasteiger partial charge in [0.15, 0.2) is 0 Å². The Labute approximate surface area is 108 Å². The van der Waals surface area contributed by atoms with Gasteiger partial charge >= 0.3 is 23.9 Å². The third-order valence-electron chi connectivity index (χ3n) is 2.27. The molecule has 0 radical (unpaired) electrons. The topological polar surface area (TPSA) is 46.5 Å². The molecule has 0 heterocycles. The van der Waals surface area contributed by atoms with Crippen LogP contribution in [0.15, 0.2) is 24.3 Å². The van der Waals surface area contributed by atoms with E-state index >= 15 is 0 Å². The van der Waals surface area contributed by atoms with E-state index in [0.29, 0.717) is 12.1 Å². The fourth-order valence-corrected chi connectivity index (χ4v) is 1.27. The summed E-state index contributed by atoms with van der Waals surface area (Å²) in [5, 5.41) is 8.42. The van der Waals surface area contributed by atoms with E-state index in [1.807, 2.05) is 0 Å². The minimum absolute atomic E-state index is 0.216. The molecular formula is C11H8F6O3. The van der Waals surface area contributed by atoms with Crippen LogP contribution < -0.4 is 4.74 Å². The van der Waals surface area contributed by atoms with Crippen molar-refractivity contribution in [2.24, 2.45) is 0 Å². The maximum Gasteiger partial charge on any atom is 0.455 e. The van der Waals surface area contributed by atoms with E-state index in [9.17, 15) is 31.1 Å². The zero-order chi connectivity index (χ0) is 15.8. The largest absolute Gasteiger partial charge is 0.455 e. The van der Waals surface area contributed by atoms with Gasteiger partial charge < -0.3 is 9.84 Å². The van der Waals surface area contributed by atoms with Crippen LogP contribution in [0, 0.1) is 0 Å². The highest BCUT2D eigenvalue weighted by atomic mass is 19.4. The van der Waals surface area contributed by atoms with Crippen LogP contribution in [0.4, 0.5) is 26.3 Å². The van der Waals surface area contributed by atoms with Crippen molar-refractivity contribution in [2.75, 3.05) is 0 Å². The van der Waals surface area contributed by atoms with Gasteiger partial charge in [0.2, 0.25) is 0 Å². The molecule has 1 aromatic carbocycles. The second kappa shape index (κ2) is 4.97. The highest BCUT2D eigenvalue weighted by Gasteiger charge is 2.71. The Bertz CT molecular complexity index is 492. The van der Waals surface area contributed by atoms with Gasteiger partial charge in [-0.1, -0.05) is 0 Å². The molecule has 1 unspecified atom stereocenters. The number of benzene rings is 1. The van der Waals surface area contributed by atoms with Crippen LogP contribution in [-0.4, -0.2) is 23.1 Å². The van der Waals surface area contributed by atoms with E-state index in [4.69, 9.17) is 5.11 Å². The first kappa shape index (κ1) is 16.3. The van der Waals surface area contributed by atoms with Gasteiger partial charge in [-0.3, -0.25) is 4.79 Å². The molecule has 0 aliphatic rings. The summed E-state index contributed by atoms with van der Waals surface area (Å²) < 4.78 is 80.5. The van der Waals surface area contributed by atoms with E-state index in [1.165, 1.54) is 0 Å². The Morgan fingerprint density at radius 2 is 1.50 bits per heavy atom. The number of ether oxygens (including phenoxy) is 1. The molecule has 0 spiro atoms. The number of carbonyl (C=O) groups is 1. The van der Waals surface area contributed by atoms with Crippen molar-refractivity contribution in [3.8, 4) is 5.75 Å². The number of hydrogen-bond donors (Lipinski definition) is 1. The minimum atomic E-state index is -6.18. The monoisotopic (exact) mass is 302 g/mol. The van der Waals surface area contributed by atoms with E-state index in [0.717, 1.165) is 19.1 Å². The van der Waals surface area contributed by atoms with Crippen molar-refractivity contribution in [1.82, 2.24) is 0 Å². The lowest BCUT2D eigenvalue weighted by atomic mass is 10.0. The zero-order valence-electron chi connectivity index (χ0n) is 9.84. The Morgan fingerprint density at radius 3 is 1.85 bits per heavy atom. The van der Waals surface area contributed by atoms with E-state index in [2.05, 4.69) is 4.74 Å². The van der Waals surface area contributed by atoms with Gasteiger partial charge in [-0.2, -0.15) is 26.3 Å². The summed E-state index contributed by atoms with van der Waals surface area (Å²) in [7, 11) is 0. The zero-order valence-corrected chi connectivity index (χ0v) is 9.84. The van der Waals surface area contributed by atoms with Crippen LogP contribution in [0.5, 0.6) is 5.75 Å². The molecule has 20 heavy (non-hydrogen) atoms. The van der Waals surface area contributed by atoms with Gasteiger partial charge in [-0.25, -0.2) is 0 Å². The smallest absolute Gasteiger partial charge is 0.427 e. The Kier molecular flexibility index (Phi) is 4.04. The summed E-state index contributed by atoms with van der Waals surface area (Å²) in [4.78, 5) is 10.6. The summed E-state index contributed by atoms with van der Waals surface area (Å²) in [6.45, 7) is 1.02. The normalized spacial score (nSPS) is 15.6. The molecule has 0 fully saturated rings. The minimum Gasteiger partial charge on any atom is -0.427 e. The van der Waals surface area contributed by atoms with Gasteiger partial charge in [0.1, 0.15) is 5.75 Å². The maximum absolute atomic E-state index is 13.4. The number of rotatable bonds is 3. The predicted octanol–water partition coefficient (Wildman–Crippen LogP) is 2.92. The summed E-state index contributed by atoms with van der Waals surface area (Å²) in [6, 6.07) is 2.32. The third kappa shape index (κ3) is 2.87. The molecule has 0 saturated carbocycles. The molecule has 1 N–H and O–H groups in total. The number of carbonyl (C=O) groups excluding carboxylic acids is 1. The van der Waals surface area contributed by atoms with Crippen molar-refractivity contribution >= 4 is 5.97 Å². The van der Waals surface area contributed by atoms with Crippen molar-refractivity contribution in [3.05, 3.63) is 29.8 Å². The van der Waals surface area contributed by atoms with Gasteiger partial charge in [0.05, 0.1) is 0 Å². The molecule has 0 amide bonds. The van der Waals surface area contributed by atoms with Gasteiger partial charge in [0.25, 0.3) is 0 Å². The van der Waals surface area contributed by atoms with Crippen molar-refractivity contribution in [1.29, 1.82) is 0 Å². The molecule has 0 aliphatic carbocycles. The standard InChI is InChI=1S/C11H8F6O3/c1-6(18)20-8-4-2-7(3-5-8)9(12,13)10(14,19)11(15,16)17/h2-5,19H,1H3. The third-order valence-corrected chi connectivity index (χ3v) is 2.27. The van der Waals surface area contributed by atoms with Crippen LogP contribution in [0.25, 0.3) is 0 Å². The van der Waals surface area contributed by atoms with Crippen LogP contribution >= 0.6 is 0 Å². The fourth-order valence-electron chi connectivity index (χ4n) is 1.27. The maximum atomic E-state index is 13.4. The van der Waals surface area contributed by atoms with Crippen LogP contribution in [0.1, 0.15) is 12.5 Å². The Balaban J connectivity index is 3.13. The van der Waals surface area contributed by atoms with E-state index < -0.39 is 29.5 Å². The molecule has 112 valence electrons. The van der Waals surface area contributed by atoms with Crippen LogP contribution in [0.3, 0.4) is 0 Å². The predicted molar refractivity (Wildman–Crippen MR) is 53.8 cm³/mol.